The number of anilines is 1. The van der Waals surface area contributed by atoms with Crippen LogP contribution < -0.4 is 15.5 Å². The number of carboxylic acid groups (broad SMARTS) is 1. The van der Waals surface area contributed by atoms with Gasteiger partial charge >= 0.3 is 5.97 Å². The van der Waals surface area contributed by atoms with Crippen LogP contribution in [-0.2, 0) is 11.4 Å². The molecule has 3 aromatic carbocycles. The number of carbonyl (C=O) groups is 3. The maximum absolute atomic E-state index is 12.1. The largest absolute Gasteiger partial charge is 0.489 e. The molecule has 3 aromatic rings. The van der Waals surface area contributed by atoms with Crippen LogP contribution in [0.15, 0.2) is 77.9 Å². The summed E-state index contributed by atoms with van der Waals surface area (Å²) in [4.78, 5) is 34.0. The highest BCUT2D eigenvalue weighted by molar-refractivity contribution is 5.96. The van der Waals surface area contributed by atoms with E-state index in [0.717, 1.165) is 11.1 Å². The molecular formula is C24H21N3O5. The Balaban J connectivity index is 1.48. The van der Waals surface area contributed by atoms with Crippen LogP contribution in [0.5, 0.6) is 5.75 Å². The van der Waals surface area contributed by atoms with Crippen LogP contribution in [0, 0.1) is 0 Å². The van der Waals surface area contributed by atoms with Gasteiger partial charge in [-0.3, -0.25) is 9.59 Å². The van der Waals surface area contributed by atoms with Gasteiger partial charge in [-0.2, -0.15) is 5.10 Å². The molecule has 0 heterocycles. The number of ether oxygens (including phenoxy) is 1. The average Bonchev–Trinajstić information content (AvgIpc) is 2.79. The number of aromatic carboxylic acids is 1. The molecule has 0 bridgehead atoms. The lowest BCUT2D eigenvalue weighted by molar-refractivity contribution is -0.114. The van der Waals surface area contributed by atoms with Crippen LogP contribution in [0.4, 0.5) is 5.69 Å². The smallest absolute Gasteiger partial charge is 0.335 e. The molecule has 0 spiro atoms. The molecule has 0 aromatic heterocycles. The first-order valence-corrected chi connectivity index (χ1v) is 9.67. The van der Waals surface area contributed by atoms with E-state index in [2.05, 4.69) is 15.8 Å². The average molecular weight is 431 g/mol. The Morgan fingerprint density at radius 3 is 2.12 bits per heavy atom. The summed E-state index contributed by atoms with van der Waals surface area (Å²) < 4.78 is 5.69. The molecule has 0 aliphatic carbocycles. The van der Waals surface area contributed by atoms with Crippen LogP contribution in [-0.4, -0.2) is 29.1 Å². The first kappa shape index (κ1) is 22.2. The van der Waals surface area contributed by atoms with Gasteiger partial charge in [0.2, 0.25) is 5.91 Å². The number of hydrogen-bond acceptors (Lipinski definition) is 5. The fourth-order valence-corrected chi connectivity index (χ4v) is 2.70. The third kappa shape index (κ3) is 6.53. The van der Waals surface area contributed by atoms with Crippen molar-refractivity contribution in [3.8, 4) is 5.75 Å². The zero-order valence-electron chi connectivity index (χ0n) is 17.2. The Morgan fingerprint density at radius 2 is 1.53 bits per heavy atom. The van der Waals surface area contributed by atoms with Gasteiger partial charge in [0, 0.05) is 18.2 Å². The summed E-state index contributed by atoms with van der Waals surface area (Å²) in [6, 6.07) is 20.1. The molecule has 2 amide bonds. The highest BCUT2D eigenvalue weighted by atomic mass is 16.5. The van der Waals surface area contributed by atoms with Crippen molar-refractivity contribution in [3.05, 3.63) is 95.1 Å². The van der Waals surface area contributed by atoms with Crippen molar-refractivity contribution < 1.29 is 24.2 Å². The van der Waals surface area contributed by atoms with Gasteiger partial charge in [-0.1, -0.05) is 12.1 Å². The van der Waals surface area contributed by atoms with Crippen molar-refractivity contribution in [1.82, 2.24) is 5.43 Å². The quantitative estimate of drug-likeness (QED) is 0.371. The van der Waals surface area contributed by atoms with Crippen molar-refractivity contribution in [2.45, 2.75) is 13.5 Å². The SMILES string of the molecule is CC(=O)Nc1ccc(C(=O)NN=Cc2ccc(OCc3ccc(C(=O)O)cc3)cc2)cc1. The molecule has 0 aliphatic heterocycles. The summed E-state index contributed by atoms with van der Waals surface area (Å²) in [6.07, 6.45) is 1.51. The highest BCUT2D eigenvalue weighted by Gasteiger charge is 2.05. The minimum atomic E-state index is -0.967. The maximum atomic E-state index is 12.1. The Labute approximate surface area is 184 Å². The molecule has 3 N–H and O–H groups in total. The molecule has 162 valence electrons. The summed E-state index contributed by atoms with van der Waals surface area (Å²) in [5, 5.41) is 15.5. The van der Waals surface area contributed by atoms with Crippen molar-refractivity contribution >= 4 is 29.7 Å². The monoisotopic (exact) mass is 431 g/mol. The molecule has 0 atom stereocenters. The maximum Gasteiger partial charge on any atom is 0.335 e. The Hall–Kier alpha value is -4.46. The third-order valence-corrected chi connectivity index (χ3v) is 4.33. The molecule has 0 aliphatic rings. The third-order valence-electron chi connectivity index (χ3n) is 4.33. The number of carbonyl (C=O) groups excluding carboxylic acids is 2. The van der Waals surface area contributed by atoms with Gasteiger partial charge in [0.25, 0.3) is 5.91 Å². The van der Waals surface area contributed by atoms with Crippen molar-refractivity contribution in [1.29, 1.82) is 0 Å². The Kier molecular flexibility index (Phi) is 7.32. The van der Waals surface area contributed by atoms with E-state index in [0.29, 0.717) is 23.6 Å². The van der Waals surface area contributed by atoms with Gasteiger partial charge in [0.15, 0.2) is 0 Å². The Bertz CT molecular complexity index is 1120. The van der Waals surface area contributed by atoms with Crippen molar-refractivity contribution in [2.75, 3.05) is 5.32 Å². The summed E-state index contributed by atoms with van der Waals surface area (Å²) in [6.45, 7) is 1.72. The molecule has 32 heavy (non-hydrogen) atoms. The summed E-state index contributed by atoms with van der Waals surface area (Å²) in [7, 11) is 0. The number of nitrogens with one attached hydrogen (secondary N) is 2. The van der Waals surface area contributed by atoms with E-state index in [1.165, 1.54) is 25.3 Å². The van der Waals surface area contributed by atoms with Crippen molar-refractivity contribution in [3.63, 3.8) is 0 Å². The number of amides is 2. The number of benzene rings is 3. The van der Waals surface area contributed by atoms with E-state index in [1.54, 1.807) is 60.7 Å². The van der Waals surface area contributed by atoms with Gasteiger partial charge in [-0.15, -0.1) is 0 Å². The van der Waals surface area contributed by atoms with Gasteiger partial charge in [0.05, 0.1) is 11.8 Å². The van der Waals surface area contributed by atoms with Gasteiger partial charge in [-0.05, 0) is 71.8 Å². The second kappa shape index (κ2) is 10.5. The van der Waals surface area contributed by atoms with Crippen molar-refractivity contribution in [2.24, 2.45) is 5.10 Å². The van der Waals surface area contributed by atoms with Crippen LogP contribution in [0.1, 0.15) is 38.8 Å². The molecule has 0 saturated heterocycles. The standard InChI is InChI=1S/C24H21N3O5/c1-16(28)26-21-10-8-19(9-11-21)23(29)27-25-14-17-4-12-22(13-5-17)32-15-18-2-6-20(7-3-18)24(30)31/h2-14H,15H2,1H3,(H,26,28)(H,27,29)(H,30,31). The molecule has 8 nitrogen and oxygen atoms in total. The van der Waals surface area contributed by atoms with E-state index >= 15 is 0 Å². The predicted molar refractivity (Wildman–Crippen MR) is 120 cm³/mol. The fourth-order valence-electron chi connectivity index (χ4n) is 2.70. The van der Waals surface area contributed by atoms with E-state index in [4.69, 9.17) is 9.84 Å². The second-order valence-electron chi connectivity index (χ2n) is 6.82. The predicted octanol–water partition coefficient (Wildman–Crippen LogP) is 3.69. The van der Waals surface area contributed by atoms with E-state index in [-0.39, 0.29) is 17.4 Å². The number of hydrogen-bond donors (Lipinski definition) is 3. The Morgan fingerprint density at radius 1 is 0.906 bits per heavy atom. The van der Waals surface area contributed by atoms with E-state index < -0.39 is 5.97 Å². The minimum Gasteiger partial charge on any atom is -0.489 e. The van der Waals surface area contributed by atoms with Gasteiger partial charge < -0.3 is 15.2 Å². The number of carboxylic acids is 1. The lowest BCUT2D eigenvalue weighted by Gasteiger charge is -2.07. The minimum absolute atomic E-state index is 0.183. The molecule has 0 unspecified atom stereocenters. The van der Waals surface area contributed by atoms with Crippen LogP contribution in [0.2, 0.25) is 0 Å². The zero-order chi connectivity index (χ0) is 22.9. The van der Waals surface area contributed by atoms with Crippen LogP contribution in [0.25, 0.3) is 0 Å². The topological polar surface area (TPSA) is 117 Å². The first-order chi connectivity index (χ1) is 15.4. The van der Waals surface area contributed by atoms with Gasteiger partial charge in [-0.25, -0.2) is 10.2 Å². The molecule has 8 heteroatoms. The molecule has 3 rings (SSSR count). The number of nitrogens with zero attached hydrogens (tertiary/aromatic N) is 1. The van der Waals surface area contributed by atoms with Crippen LogP contribution in [0.3, 0.4) is 0 Å². The number of rotatable bonds is 8. The summed E-state index contributed by atoms with van der Waals surface area (Å²) in [5.41, 5.74) is 5.32. The van der Waals surface area contributed by atoms with E-state index in [1.807, 2.05) is 0 Å². The molecular weight excluding hydrogens is 410 g/mol. The van der Waals surface area contributed by atoms with E-state index in [9.17, 15) is 14.4 Å². The normalized spacial score (nSPS) is 10.5. The number of hydrazone groups is 1. The fraction of sp³-hybridized carbons (Fsp3) is 0.0833. The first-order valence-electron chi connectivity index (χ1n) is 9.67. The zero-order valence-corrected chi connectivity index (χ0v) is 17.2. The highest BCUT2D eigenvalue weighted by Crippen LogP contribution is 2.14. The van der Waals surface area contributed by atoms with Gasteiger partial charge in [0.1, 0.15) is 12.4 Å². The lowest BCUT2D eigenvalue weighted by atomic mass is 10.1. The summed E-state index contributed by atoms with van der Waals surface area (Å²) in [5.74, 6) is -0.874. The molecule has 0 saturated carbocycles. The summed E-state index contributed by atoms with van der Waals surface area (Å²) >= 11 is 0. The lowest BCUT2D eigenvalue weighted by Crippen LogP contribution is -2.17. The second-order valence-corrected chi connectivity index (χ2v) is 6.82. The molecule has 0 radical (unpaired) electrons. The van der Waals surface area contributed by atoms with Crippen LogP contribution >= 0.6 is 0 Å². The molecule has 0 fully saturated rings.